The maximum absolute atomic E-state index is 8.78. The van der Waals surface area contributed by atoms with E-state index in [9.17, 15) is 0 Å². The molecule has 2 aromatic carbocycles. The number of hydrogen-bond acceptors (Lipinski definition) is 2. The number of aromatic nitrogens is 2. The van der Waals surface area contributed by atoms with E-state index < -0.39 is 50.5 Å². The molecule has 23 heavy (non-hydrogen) atoms. The molecule has 2 heterocycles. The number of nitrogens with zero attached hydrogens (tertiary/aromatic N) is 3. The average Bonchev–Trinajstić information content (AvgIpc) is 3.21. The molecular formula is C19H20ClN3. The molecule has 3 aromatic rings. The zero-order chi connectivity index (χ0) is 24.5. The quantitative estimate of drug-likeness (QED) is 0.707. The van der Waals surface area contributed by atoms with Gasteiger partial charge >= 0.3 is 0 Å². The maximum Gasteiger partial charge on any atom is 0.124 e. The Balaban J connectivity index is 1.94. The number of halogens is 1. The first-order valence-electron chi connectivity index (χ1n) is 12.1. The second-order valence-electron chi connectivity index (χ2n) is 5.17. The summed E-state index contributed by atoms with van der Waals surface area (Å²) >= 11 is 5.96. The third-order valence-corrected chi connectivity index (χ3v) is 3.82. The van der Waals surface area contributed by atoms with Gasteiger partial charge in [-0.3, -0.25) is 4.90 Å². The molecule has 4 rings (SSSR count). The molecule has 4 heteroatoms. The Kier molecular flexibility index (Phi) is 2.03. The Morgan fingerprint density at radius 1 is 1.17 bits per heavy atom. The van der Waals surface area contributed by atoms with Crippen molar-refractivity contribution in [3.05, 3.63) is 64.8 Å². The van der Waals surface area contributed by atoms with E-state index in [0.717, 1.165) is 4.90 Å². The Morgan fingerprint density at radius 3 is 2.70 bits per heavy atom. The van der Waals surface area contributed by atoms with Gasteiger partial charge in [0.1, 0.15) is 5.82 Å². The molecule has 0 radical (unpaired) electrons. The number of imidazole rings is 1. The molecule has 118 valence electrons. The van der Waals surface area contributed by atoms with Crippen molar-refractivity contribution in [3.63, 3.8) is 0 Å². The summed E-state index contributed by atoms with van der Waals surface area (Å²) in [4.78, 5) is 5.28. The standard InChI is InChI=1S/C19H20ClN3/c20-16-9-7-15(8-10-16)13-23-18-6-2-1-5-17(18)21-19(23)14-22-11-3-4-12-22/h1-2,5-10H,3-4,11-14H2/i1D,2D,3D2,4D2,5D,6D,14D2. The monoisotopic (exact) mass is 335 g/mol. The molecule has 0 spiro atoms. The fourth-order valence-corrected chi connectivity index (χ4v) is 2.56. The summed E-state index contributed by atoms with van der Waals surface area (Å²) in [6.07, 6.45) is -4.59. The molecule has 1 fully saturated rings. The van der Waals surface area contributed by atoms with Crippen LogP contribution in [-0.4, -0.2) is 27.5 Å². The smallest absolute Gasteiger partial charge is 0.124 e. The summed E-state index contributed by atoms with van der Waals surface area (Å²) < 4.78 is 83.5. The lowest BCUT2D eigenvalue weighted by molar-refractivity contribution is 0.318. The van der Waals surface area contributed by atoms with Gasteiger partial charge in [0.2, 0.25) is 0 Å². The van der Waals surface area contributed by atoms with Gasteiger partial charge in [0.05, 0.1) is 25.8 Å². The molecule has 0 amide bonds. The summed E-state index contributed by atoms with van der Waals surface area (Å²) in [6.45, 7) is -3.50. The van der Waals surface area contributed by atoms with Crippen LogP contribution in [0.2, 0.25) is 5.02 Å². The lowest BCUT2D eigenvalue weighted by Gasteiger charge is -2.16. The van der Waals surface area contributed by atoms with Crippen molar-refractivity contribution in [1.82, 2.24) is 14.5 Å². The summed E-state index contributed by atoms with van der Waals surface area (Å²) in [5, 5.41) is 0.494. The predicted molar refractivity (Wildman–Crippen MR) is 94.8 cm³/mol. The van der Waals surface area contributed by atoms with Crippen LogP contribution >= 0.6 is 11.6 Å². The fraction of sp³-hybridized carbons (Fsp3) is 0.316. The van der Waals surface area contributed by atoms with Crippen LogP contribution in [-0.2, 0) is 13.0 Å². The lowest BCUT2D eigenvalue weighted by Crippen LogP contribution is -2.21. The van der Waals surface area contributed by atoms with E-state index in [1.165, 1.54) is 4.57 Å². The van der Waals surface area contributed by atoms with Crippen LogP contribution in [0.4, 0.5) is 0 Å². The normalized spacial score (nSPS) is 26.8. The van der Waals surface area contributed by atoms with E-state index in [4.69, 9.17) is 25.3 Å². The first kappa shape index (κ1) is 7.37. The van der Waals surface area contributed by atoms with E-state index in [1.807, 2.05) is 0 Å². The highest BCUT2D eigenvalue weighted by atomic mass is 35.5. The van der Waals surface area contributed by atoms with E-state index in [1.54, 1.807) is 24.3 Å². The van der Waals surface area contributed by atoms with Gasteiger partial charge in [-0.25, -0.2) is 4.98 Å². The SMILES string of the molecule is [2H]c1c([2H])c([2H])c2c(nc(C([2H])([2H])N3CC([2H])([2H])C([2H])([2H])C3)n2Cc2ccc(Cl)cc2)c1[2H]. The van der Waals surface area contributed by atoms with Crippen molar-refractivity contribution >= 4 is 22.6 Å². The molecule has 0 saturated carbocycles. The van der Waals surface area contributed by atoms with Gasteiger partial charge in [-0.15, -0.1) is 0 Å². The van der Waals surface area contributed by atoms with Gasteiger partial charge in [-0.05, 0) is 55.6 Å². The van der Waals surface area contributed by atoms with Crippen LogP contribution in [0, 0.1) is 0 Å². The van der Waals surface area contributed by atoms with Crippen molar-refractivity contribution < 1.29 is 13.7 Å². The van der Waals surface area contributed by atoms with Crippen molar-refractivity contribution in [2.75, 3.05) is 13.1 Å². The highest BCUT2D eigenvalue weighted by molar-refractivity contribution is 6.30. The molecule has 0 atom stereocenters. The van der Waals surface area contributed by atoms with Gasteiger partial charge in [-0.2, -0.15) is 0 Å². The summed E-state index contributed by atoms with van der Waals surface area (Å²) in [5.41, 5.74) is 0.578. The third-order valence-electron chi connectivity index (χ3n) is 3.57. The first-order chi connectivity index (χ1) is 15.2. The minimum Gasteiger partial charge on any atom is -0.322 e. The van der Waals surface area contributed by atoms with Crippen LogP contribution in [0.15, 0.2) is 48.4 Å². The van der Waals surface area contributed by atoms with Gasteiger partial charge in [0.15, 0.2) is 0 Å². The van der Waals surface area contributed by atoms with Crippen molar-refractivity contribution in [1.29, 1.82) is 0 Å². The second kappa shape index (κ2) is 6.34. The van der Waals surface area contributed by atoms with Crippen molar-refractivity contribution in [2.45, 2.75) is 25.8 Å². The Morgan fingerprint density at radius 2 is 1.91 bits per heavy atom. The molecule has 1 aromatic heterocycles. The molecule has 1 aliphatic rings. The minimum atomic E-state index is -2.47. The molecule has 0 bridgehead atoms. The molecule has 1 aliphatic heterocycles. The number of benzene rings is 2. The van der Waals surface area contributed by atoms with E-state index in [2.05, 4.69) is 4.98 Å². The minimum absolute atomic E-state index is 0.0121. The number of likely N-dealkylation sites (tertiary alicyclic amines) is 1. The van der Waals surface area contributed by atoms with Crippen LogP contribution in [0.25, 0.3) is 11.0 Å². The zero-order valence-electron chi connectivity index (χ0n) is 22.2. The summed E-state index contributed by atoms with van der Waals surface area (Å²) in [6, 6.07) is 4.92. The number of para-hydroxylation sites is 2. The lowest BCUT2D eigenvalue weighted by atomic mass is 10.2. The van der Waals surface area contributed by atoms with Gasteiger partial charge in [0, 0.05) is 17.1 Å². The highest BCUT2D eigenvalue weighted by Gasteiger charge is 2.17. The molecule has 0 N–H and O–H groups in total. The van der Waals surface area contributed by atoms with E-state index in [0.29, 0.717) is 10.6 Å². The van der Waals surface area contributed by atoms with Gasteiger partial charge < -0.3 is 4.57 Å². The summed E-state index contributed by atoms with van der Waals surface area (Å²) in [5.74, 6) is -0.257. The van der Waals surface area contributed by atoms with Crippen LogP contribution < -0.4 is 0 Å². The molecule has 0 aliphatic carbocycles. The van der Waals surface area contributed by atoms with Crippen LogP contribution in [0.1, 0.15) is 37.8 Å². The van der Waals surface area contributed by atoms with E-state index >= 15 is 0 Å². The van der Waals surface area contributed by atoms with E-state index in [-0.39, 0.29) is 29.4 Å². The Labute approximate surface area is 155 Å². The Bertz CT molecular complexity index is 1220. The summed E-state index contributed by atoms with van der Waals surface area (Å²) in [7, 11) is 0. The maximum atomic E-state index is 8.78. The third kappa shape index (κ3) is 3.12. The molecule has 1 saturated heterocycles. The largest absolute Gasteiger partial charge is 0.322 e. The topological polar surface area (TPSA) is 21.1 Å². The zero-order valence-corrected chi connectivity index (χ0v) is 12.9. The number of fused-ring (bicyclic) bond motifs is 1. The average molecular weight is 336 g/mol. The second-order valence-corrected chi connectivity index (χ2v) is 5.60. The van der Waals surface area contributed by atoms with Crippen LogP contribution in [0.5, 0.6) is 0 Å². The predicted octanol–water partition coefficient (Wildman–Crippen LogP) is 4.33. The fourth-order valence-electron chi connectivity index (χ4n) is 2.44. The van der Waals surface area contributed by atoms with Crippen LogP contribution in [0.3, 0.4) is 0 Å². The molecular weight excluding hydrogens is 306 g/mol. The highest BCUT2D eigenvalue weighted by Crippen LogP contribution is 2.21. The number of hydrogen-bond donors (Lipinski definition) is 0. The van der Waals surface area contributed by atoms with Gasteiger partial charge in [0.25, 0.3) is 0 Å². The first-order valence-corrected chi connectivity index (χ1v) is 7.52. The van der Waals surface area contributed by atoms with Crippen molar-refractivity contribution in [2.24, 2.45) is 0 Å². The number of rotatable bonds is 4. The Hall–Kier alpha value is -1.84. The van der Waals surface area contributed by atoms with Gasteiger partial charge in [-0.1, -0.05) is 35.8 Å². The molecule has 0 unspecified atom stereocenters. The van der Waals surface area contributed by atoms with Crippen molar-refractivity contribution in [3.8, 4) is 0 Å². The molecule has 3 nitrogen and oxygen atoms in total.